The number of likely N-dealkylation sites (tertiary alicyclic amines) is 2. The van der Waals surface area contributed by atoms with E-state index in [9.17, 15) is 10.2 Å². The first-order valence-electron chi connectivity index (χ1n) is 16.8. The molecule has 50 heavy (non-hydrogen) atoms. The molecule has 10 nitrogen and oxygen atoms in total. The quantitative estimate of drug-likeness (QED) is 0.154. The van der Waals surface area contributed by atoms with Gasteiger partial charge in [-0.2, -0.15) is 9.97 Å². The molecule has 2 aliphatic heterocycles. The van der Waals surface area contributed by atoms with Crippen molar-refractivity contribution >= 4 is 31.9 Å². The average molecular weight is 813 g/mol. The predicted molar refractivity (Wildman–Crippen MR) is 199 cm³/mol. The van der Waals surface area contributed by atoms with Crippen LogP contribution in [0.3, 0.4) is 0 Å². The third kappa shape index (κ3) is 8.43. The van der Waals surface area contributed by atoms with Gasteiger partial charge in [0.25, 0.3) is 0 Å². The summed E-state index contributed by atoms with van der Waals surface area (Å²) < 4.78 is 25.3. The number of β-amino-alcohol motifs (C(OH)–C–C–N with tert-alkyl or cyclic N) is 2. The Morgan fingerprint density at radius 3 is 1.44 bits per heavy atom. The van der Waals surface area contributed by atoms with Crippen molar-refractivity contribution in [2.45, 2.75) is 65.2 Å². The Hall–Kier alpha value is -3.26. The molecule has 2 aromatic heterocycles. The van der Waals surface area contributed by atoms with E-state index >= 15 is 0 Å². The Labute approximate surface area is 310 Å². The van der Waals surface area contributed by atoms with Gasteiger partial charge in [0.2, 0.25) is 23.5 Å². The van der Waals surface area contributed by atoms with Crippen LogP contribution in [0.5, 0.6) is 23.5 Å². The minimum absolute atomic E-state index is 0.284. The molecule has 2 atom stereocenters. The lowest BCUT2D eigenvalue weighted by molar-refractivity contribution is 0.174. The number of hydrogen-bond acceptors (Lipinski definition) is 10. The molecular weight excluding hydrogens is 768 g/mol. The average Bonchev–Trinajstić information content (AvgIpc) is 3.71. The number of halogens is 2. The molecule has 0 spiro atoms. The topological polar surface area (TPSA) is 110 Å². The smallest absolute Gasteiger partial charge is 0.231 e. The van der Waals surface area contributed by atoms with E-state index in [0.29, 0.717) is 62.9 Å². The van der Waals surface area contributed by atoms with Crippen molar-refractivity contribution in [2.24, 2.45) is 0 Å². The molecule has 0 amide bonds. The summed E-state index contributed by atoms with van der Waals surface area (Å²) in [4.78, 5) is 13.7. The number of benzene rings is 2. The zero-order valence-electron chi connectivity index (χ0n) is 28.9. The number of methoxy groups -OCH3 is 2. The van der Waals surface area contributed by atoms with Gasteiger partial charge in [-0.05, 0) is 104 Å². The Bertz CT molecular complexity index is 1690. The summed E-state index contributed by atoms with van der Waals surface area (Å²) in [6.07, 6.45) is 0.990. The molecule has 0 radical (unpaired) electrons. The molecule has 2 saturated heterocycles. The fourth-order valence-corrected chi connectivity index (χ4v) is 7.68. The molecule has 12 heteroatoms. The van der Waals surface area contributed by atoms with Gasteiger partial charge in [-0.1, -0.05) is 36.4 Å². The zero-order valence-corrected chi connectivity index (χ0v) is 32.1. The van der Waals surface area contributed by atoms with E-state index in [4.69, 9.17) is 18.9 Å². The van der Waals surface area contributed by atoms with Gasteiger partial charge in [0.1, 0.15) is 13.2 Å². The van der Waals surface area contributed by atoms with E-state index < -0.39 is 0 Å². The van der Waals surface area contributed by atoms with Gasteiger partial charge in [-0.3, -0.25) is 9.80 Å². The number of ether oxygens (including phenoxy) is 4. The number of rotatable bonds is 13. The highest BCUT2D eigenvalue weighted by molar-refractivity contribution is 9.10. The lowest BCUT2D eigenvalue weighted by Crippen LogP contribution is -2.22. The molecule has 6 rings (SSSR count). The number of pyridine rings is 2. The van der Waals surface area contributed by atoms with Crippen LogP contribution in [0.4, 0.5) is 0 Å². The summed E-state index contributed by atoms with van der Waals surface area (Å²) in [7, 11) is 3.23. The van der Waals surface area contributed by atoms with Gasteiger partial charge in [0.15, 0.2) is 0 Å². The normalized spacial score (nSPS) is 18.1. The summed E-state index contributed by atoms with van der Waals surface area (Å²) in [5.74, 6) is 1.96. The van der Waals surface area contributed by atoms with Crippen LogP contribution in [-0.2, 0) is 26.3 Å². The van der Waals surface area contributed by atoms with Crippen LogP contribution in [0.1, 0.15) is 46.2 Å². The number of nitrogens with zero attached hydrogens (tertiary/aromatic N) is 4. The summed E-state index contributed by atoms with van der Waals surface area (Å²) in [6, 6.07) is 16.5. The van der Waals surface area contributed by atoms with E-state index in [2.05, 4.69) is 102 Å². The number of aliphatic hydroxyl groups excluding tert-OH is 2. The molecule has 0 unspecified atom stereocenters. The van der Waals surface area contributed by atoms with Crippen LogP contribution in [0.25, 0.3) is 11.1 Å². The first kappa shape index (κ1) is 36.5. The molecule has 0 saturated carbocycles. The summed E-state index contributed by atoms with van der Waals surface area (Å²) in [5, 5.41) is 19.9. The second-order valence-electron chi connectivity index (χ2n) is 13.0. The molecule has 2 aliphatic rings. The van der Waals surface area contributed by atoms with Crippen LogP contribution < -0.4 is 18.9 Å². The maximum Gasteiger partial charge on any atom is 0.231 e. The SMILES string of the molecule is COc1nc(OCc2cccc(-c3cccc(COc4nc(OC)c(CN5CC[C@H](O)C5)cc4Br)c3C)c2C)c(Br)cc1CN1CC[C@H](O)C1. The van der Waals surface area contributed by atoms with Crippen molar-refractivity contribution in [3.8, 4) is 34.6 Å². The maximum atomic E-state index is 9.93. The molecular formula is C38H44Br2N4O6. The van der Waals surface area contributed by atoms with Crippen molar-refractivity contribution in [1.82, 2.24) is 19.8 Å². The number of aliphatic hydroxyl groups is 2. The fraction of sp³-hybridized carbons (Fsp3) is 0.421. The van der Waals surface area contributed by atoms with E-state index in [1.807, 2.05) is 12.1 Å². The first-order chi connectivity index (χ1) is 24.1. The Morgan fingerprint density at radius 1 is 0.660 bits per heavy atom. The van der Waals surface area contributed by atoms with Gasteiger partial charge in [0.05, 0.1) is 35.4 Å². The van der Waals surface area contributed by atoms with Crippen LogP contribution >= 0.6 is 31.9 Å². The highest BCUT2D eigenvalue weighted by Crippen LogP contribution is 2.35. The summed E-state index contributed by atoms with van der Waals surface area (Å²) in [5.41, 5.74) is 8.47. The van der Waals surface area contributed by atoms with Crippen LogP contribution in [0, 0.1) is 13.8 Å². The summed E-state index contributed by atoms with van der Waals surface area (Å²) in [6.45, 7) is 9.19. The molecule has 266 valence electrons. The monoisotopic (exact) mass is 810 g/mol. The third-order valence-corrected chi connectivity index (χ3v) is 10.7. The van der Waals surface area contributed by atoms with Gasteiger partial charge < -0.3 is 29.2 Å². The number of aromatic nitrogens is 2. The van der Waals surface area contributed by atoms with Crippen molar-refractivity contribution in [3.05, 3.63) is 90.9 Å². The van der Waals surface area contributed by atoms with E-state index in [1.54, 1.807) is 14.2 Å². The van der Waals surface area contributed by atoms with Crippen LogP contribution in [-0.4, -0.2) is 82.6 Å². The number of hydrogen-bond donors (Lipinski definition) is 2. The Morgan fingerprint density at radius 2 is 1.08 bits per heavy atom. The Balaban J connectivity index is 1.15. The van der Waals surface area contributed by atoms with E-state index in [-0.39, 0.29) is 12.2 Å². The van der Waals surface area contributed by atoms with Crippen LogP contribution in [0.15, 0.2) is 57.5 Å². The highest BCUT2D eigenvalue weighted by Gasteiger charge is 2.24. The highest BCUT2D eigenvalue weighted by atomic mass is 79.9. The largest absolute Gasteiger partial charge is 0.481 e. The minimum Gasteiger partial charge on any atom is -0.481 e. The van der Waals surface area contributed by atoms with Crippen molar-refractivity contribution in [3.63, 3.8) is 0 Å². The van der Waals surface area contributed by atoms with Crippen molar-refractivity contribution in [1.29, 1.82) is 0 Å². The van der Waals surface area contributed by atoms with Crippen molar-refractivity contribution in [2.75, 3.05) is 40.4 Å². The predicted octanol–water partition coefficient (Wildman–Crippen LogP) is 6.59. The molecule has 0 aliphatic carbocycles. The van der Waals surface area contributed by atoms with Crippen molar-refractivity contribution < 1.29 is 29.2 Å². The lowest BCUT2D eigenvalue weighted by Gasteiger charge is -2.19. The van der Waals surface area contributed by atoms with Gasteiger partial charge in [0, 0.05) is 50.4 Å². The minimum atomic E-state index is -0.284. The lowest BCUT2D eigenvalue weighted by atomic mass is 9.92. The molecule has 2 aromatic carbocycles. The summed E-state index contributed by atoms with van der Waals surface area (Å²) >= 11 is 7.30. The maximum absolute atomic E-state index is 9.93. The molecule has 0 bridgehead atoms. The first-order valence-corrected chi connectivity index (χ1v) is 18.4. The zero-order chi connectivity index (χ0) is 35.4. The van der Waals surface area contributed by atoms with E-state index in [1.165, 1.54) is 0 Å². The van der Waals surface area contributed by atoms with Crippen LogP contribution in [0.2, 0.25) is 0 Å². The second kappa shape index (κ2) is 16.4. The molecule has 2 fully saturated rings. The fourth-order valence-electron chi connectivity index (χ4n) is 6.72. The van der Waals surface area contributed by atoms with E-state index in [0.717, 1.165) is 79.4 Å². The van der Waals surface area contributed by atoms with Gasteiger partial charge in [-0.15, -0.1) is 0 Å². The second-order valence-corrected chi connectivity index (χ2v) is 14.7. The van der Waals surface area contributed by atoms with Gasteiger partial charge in [-0.25, -0.2) is 0 Å². The third-order valence-electron chi connectivity index (χ3n) is 9.55. The standard InChI is InChI=1S/C38H44Br2N4O6/c1-23-25(21-49-37-33(39)15-27(35(41-37)47-3)17-43-13-11-29(45)19-43)7-5-9-31(23)32-10-6-8-26(24(32)2)22-50-38-34(40)16-28(36(42-38)48-4)18-44-14-12-30(46)20-44/h5-10,15-16,29-30,45-46H,11-14,17-22H2,1-4H3/t29-,30-/m0/s1. The molecule has 4 heterocycles. The Kier molecular flexibility index (Phi) is 12.0. The molecule has 4 aromatic rings. The van der Waals surface area contributed by atoms with Gasteiger partial charge >= 0.3 is 0 Å². The molecule has 2 N–H and O–H groups in total.